The van der Waals surface area contributed by atoms with Crippen molar-refractivity contribution in [3.8, 4) is 0 Å². The van der Waals surface area contributed by atoms with Crippen molar-refractivity contribution < 1.29 is 4.52 Å². The highest BCUT2D eigenvalue weighted by molar-refractivity contribution is 7.98. The van der Waals surface area contributed by atoms with E-state index in [0.29, 0.717) is 5.89 Å². The topological polar surface area (TPSA) is 51.0 Å². The zero-order valence-electron chi connectivity index (χ0n) is 12.2. The number of nitrogens with zero attached hydrogens (tertiary/aromatic N) is 2. The van der Waals surface area contributed by atoms with Crippen molar-refractivity contribution in [3.05, 3.63) is 41.5 Å². The van der Waals surface area contributed by atoms with E-state index in [1.54, 1.807) is 11.8 Å². The number of hydrogen-bond donors (Lipinski definition) is 1. The van der Waals surface area contributed by atoms with Gasteiger partial charge in [-0.1, -0.05) is 29.8 Å². The molecular weight excluding hydrogens is 270 g/mol. The van der Waals surface area contributed by atoms with Crippen molar-refractivity contribution >= 4 is 11.8 Å². The monoisotopic (exact) mass is 291 g/mol. The van der Waals surface area contributed by atoms with Crippen LogP contribution < -0.4 is 5.32 Å². The first-order chi connectivity index (χ1) is 9.69. The number of benzene rings is 1. The van der Waals surface area contributed by atoms with Gasteiger partial charge in [-0.2, -0.15) is 4.98 Å². The maximum Gasteiger partial charge on any atom is 0.243 e. The second-order valence-electron chi connectivity index (χ2n) is 4.83. The highest BCUT2D eigenvalue weighted by atomic mass is 32.2. The Morgan fingerprint density at radius 1 is 1.40 bits per heavy atom. The number of hydrogen-bond acceptors (Lipinski definition) is 5. The molecule has 0 saturated heterocycles. The third kappa shape index (κ3) is 4.35. The number of aryl methyl sites for hydroxylation is 1. The van der Waals surface area contributed by atoms with E-state index in [2.05, 4.69) is 53.6 Å². The van der Waals surface area contributed by atoms with Gasteiger partial charge in [0, 0.05) is 4.90 Å². The molecule has 1 unspecified atom stereocenters. The maximum atomic E-state index is 5.30. The second kappa shape index (κ2) is 7.45. The largest absolute Gasteiger partial charge is 0.338 e. The van der Waals surface area contributed by atoms with Crippen LogP contribution in [0.1, 0.15) is 43.6 Å². The quantitative estimate of drug-likeness (QED) is 0.788. The standard InChI is InChI=1S/C15H21N3OS/c1-4-8-16-12(3)15-17-14(18-19-15)10-20-13-7-5-6-11(2)9-13/h5-7,9,12,16H,4,8,10H2,1-3H3. The van der Waals surface area contributed by atoms with Gasteiger partial charge in [0.15, 0.2) is 5.82 Å². The summed E-state index contributed by atoms with van der Waals surface area (Å²) in [6, 6.07) is 8.54. The molecular formula is C15H21N3OS. The number of rotatable bonds is 7. The molecule has 0 spiro atoms. The van der Waals surface area contributed by atoms with Crippen molar-refractivity contribution in [2.75, 3.05) is 6.54 Å². The van der Waals surface area contributed by atoms with Crippen LogP contribution in [0.4, 0.5) is 0 Å². The molecule has 0 fully saturated rings. The summed E-state index contributed by atoms with van der Waals surface area (Å²) in [6.07, 6.45) is 1.09. The zero-order valence-corrected chi connectivity index (χ0v) is 13.0. The molecule has 1 atom stereocenters. The van der Waals surface area contributed by atoms with E-state index >= 15 is 0 Å². The van der Waals surface area contributed by atoms with E-state index in [0.717, 1.165) is 24.5 Å². The summed E-state index contributed by atoms with van der Waals surface area (Å²) < 4.78 is 5.30. The predicted molar refractivity (Wildman–Crippen MR) is 81.7 cm³/mol. The Morgan fingerprint density at radius 2 is 2.25 bits per heavy atom. The van der Waals surface area contributed by atoms with E-state index in [1.165, 1.54) is 10.5 Å². The van der Waals surface area contributed by atoms with Crippen LogP contribution in [-0.2, 0) is 5.75 Å². The van der Waals surface area contributed by atoms with E-state index in [1.807, 2.05) is 6.92 Å². The van der Waals surface area contributed by atoms with Crippen LogP contribution in [0.5, 0.6) is 0 Å². The molecule has 4 nitrogen and oxygen atoms in total. The molecule has 1 heterocycles. The summed E-state index contributed by atoms with van der Waals surface area (Å²) in [5.74, 6) is 2.14. The Bertz CT molecular complexity index is 541. The molecule has 2 rings (SSSR count). The molecule has 0 aliphatic carbocycles. The molecule has 2 aromatic rings. The van der Waals surface area contributed by atoms with Gasteiger partial charge in [0.2, 0.25) is 5.89 Å². The van der Waals surface area contributed by atoms with Crippen LogP contribution in [0, 0.1) is 6.92 Å². The van der Waals surface area contributed by atoms with E-state index in [4.69, 9.17) is 4.52 Å². The van der Waals surface area contributed by atoms with E-state index < -0.39 is 0 Å². The molecule has 20 heavy (non-hydrogen) atoms. The zero-order chi connectivity index (χ0) is 14.4. The first kappa shape index (κ1) is 15.1. The summed E-state index contributed by atoms with van der Waals surface area (Å²) in [6.45, 7) is 7.23. The molecule has 1 aromatic carbocycles. The summed E-state index contributed by atoms with van der Waals surface area (Å²) in [5, 5.41) is 7.38. The first-order valence-electron chi connectivity index (χ1n) is 6.94. The number of aromatic nitrogens is 2. The Labute approximate surface area is 124 Å². The number of nitrogens with one attached hydrogen (secondary N) is 1. The Morgan fingerprint density at radius 3 is 3.00 bits per heavy atom. The summed E-state index contributed by atoms with van der Waals surface area (Å²) in [4.78, 5) is 5.67. The Kier molecular flexibility index (Phi) is 5.61. The van der Waals surface area contributed by atoms with Gasteiger partial charge in [0.1, 0.15) is 0 Å². The second-order valence-corrected chi connectivity index (χ2v) is 5.88. The van der Waals surface area contributed by atoms with Crippen molar-refractivity contribution in [2.24, 2.45) is 0 Å². The SMILES string of the molecule is CCCNC(C)c1nc(CSc2cccc(C)c2)no1. The molecule has 0 bridgehead atoms. The lowest BCUT2D eigenvalue weighted by molar-refractivity contribution is 0.337. The average Bonchev–Trinajstić information content (AvgIpc) is 2.91. The lowest BCUT2D eigenvalue weighted by Crippen LogP contribution is -2.19. The van der Waals surface area contributed by atoms with E-state index in [9.17, 15) is 0 Å². The van der Waals surface area contributed by atoms with Gasteiger partial charge >= 0.3 is 0 Å². The normalized spacial score (nSPS) is 12.6. The molecule has 0 saturated carbocycles. The van der Waals surface area contributed by atoms with Gasteiger partial charge in [-0.05, 0) is 38.9 Å². The van der Waals surface area contributed by atoms with Gasteiger partial charge in [0.05, 0.1) is 11.8 Å². The lowest BCUT2D eigenvalue weighted by atomic mass is 10.2. The van der Waals surface area contributed by atoms with E-state index in [-0.39, 0.29) is 6.04 Å². The van der Waals surface area contributed by atoms with Gasteiger partial charge in [-0.3, -0.25) is 0 Å². The maximum absolute atomic E-state index is 5.30. The third-order valence-corrected chi connectivity index (χ3v) is 3.90. The molecule has 1 N–H and O–H groups in total. The third-order valence-electron chi connectivity index (χ3n) is 2.91. The van der Waals surface area contributed by atoms with Crippen LogP contribution in [-0.4, -0.2) is 16.7 Å². The molecule has 108 valence electrons. The molecule has 1 aromatic heterocycles. The first-order valence-corrected chi connectivity index (χ1v) is 7.93. The van der Waals surface area contributed by atoms with Crippen molar-refractivity contribution in [1.29, 1.82) is 0 Å². The Balaban J connectivity index is 1.89. The van der Waals surface area contributed by atoms with Crippen LogP contribution in [0.15, 0.2) is 33.7 Å². The fourth-order valence-corrected chi connectivity index (χ4v) is 2.66. The molecule has 0 amide bonds. The highest BCUT2D eigenvalue weighted by Gasteiger charge is 2.13. The minimum atomic E-state index is 0.111. The fourth-order valence-electron chi connectivity index (χ4n) is 1.80. The van der Waals surface area contributed by atoms with Crippen LogP contribution in [0.3, 0.4) is 0 Å². The minimum Gasteiger partial charge on any atom is -0.338 e. The average molecular weight is 291 g/mol. The van der Waals surface area contributed by atoms with Gasteiger partial charge in [-0.25, -0.2) is 0 Å². The van der Waals surface area contributed by atoms with Crippen molar-refractivity contribution in [1.82, 2.24) is 15.5 Å². The number of thioether (sulfide) groups is 1. The molecule has 0 radical (unpaired) electrons. The lowest BCUT2D eigenvalue weighted by Gasteiger charge is -2.06. The van der Waals surface area contributed by atoms with Crippen LogP contribution in [0.25, 0.3) is 0 Å². The van der Waals surface area contributed by atoms with Crippen LogP contribution >= 0.6 is 11.8 Å². The molecule has 0 aliphatic heterocycles. The molecule has 5 heteroatoms. The molecule has 0 aliphatic rings. The van der Waals surface area contributed by atoms with Gasteiger partial charge < -0.3 is 9.84 Å². The minimum absolute atomic E-state index is 0.111. The predicted octanol–water partition coefficient (Wildman–Crippen LogP) is 3.73. The smallest absolute Gasteiger partial charge is 0.243 e. The van der Waals surface area contributed by atoms with Crippen LogP contribution in [0.2, 0.25) is 0 Å². The van der Waals surface area contributed by atoms with Crippen molar-refractivity contribution in [3.63, 3.8) is 0 Å². The summed E-state index contributed by atoms with van der Waals surface area (Å²) >= 11 is 1.73. The van der Waals surface area contributed by atoms with Crippen molar-refractivity contribution in [2.45, 2.75) is 43.9 Å². The van der Waals surface area contributed by atoms with Gasteiger partial charge in [0.25, 0.3) is 0 Å². The van der Waals surface area contributed by atoms with Gasteiger partial charge in [-0.15, -0.1) is 11.8 Å². The highest BCUT2D eigenvalue weighted by Crippen LogP contribution is 2.22. The summed E-state index contributed by atoms with van der Waals surface area (Å²) in [5.41, 5.74) is 1.26. The summed E-state index contributed by atoms with van der Waals surface area (Å²) in [7, 11) is 0. The Hall–Kier alpha value is -1.33. The fraction of sp³-hybridized carbons (Fsp3) is 0.467.